The molecule has 19 heavy (non-hydrogen) atoms. The van der Waals surface area contributed by atoms with Gasteiger partial charge in [-0.3, -0.25) is 4.40 Å². The van der Waals surface area contributed by atoms with E-state index < -0.39 is 0 Å². The van der Waals surface area contributed by atoms with E-state index in [1.165, 1.54) is 25.7 Å². The number of rotatable bonds is 4. The highest BCUT2D eigenvalue weighted by Gasteiger charge is 2.26. The molecule has 1 saturated carbocycles. The van der Waals surface area contributed by atoms with Crippen LogP contribution in [0.25, 0.3) is 5.65 Å². The molecule has 0 radical (unpaired) electrons. The lowest BCUT2D eigenvalue weighted by Gasteiger charge is -2.31. The Bertz CT molecular complexity index is 537. The van der Waals surface area contributed by atoms with E-state index >= 15 is 0 Å². The first kappa shape index (κ1) is 12.9. The zero-order chi connectivity index (χ0) is 13.1. The van der Waals surface area contributed by atoms with Crippen LogP contribution in [-0.2, 0) is 0 Å². The van der Waals surface area contributed by atoms with E-state index in [-0.39, 0.29) is 0 Å². The Kier molecular flexibility index (Phi) is 4.03. The van der Waals surface area contributed by atoms with Crippen LogP contribution in [0.2, 0.25) is 0 Å². The SMILES string of the molecule is CCNC1CCCCC1Sc1nnc2ccccn12. The maximum Gasteiger partial charge on any atom is 0.195 e. The molecule has 1 aliphatic rings. The molecule has 4 nitrogen and oxygen atoms in total. The molecule has 1 fully saturated rings. The minimum Gasteiger partial charge on any atom is -0.313 e. The van der Waals surface area contributed by atoms with Crippen LogP contribution in [0.1, 0.15) is 32.6 Å². The van der Waals surface area contributed by atoms with Crippen molar-refractivity contribution in [1.29, 1.82) is 0 Å². The smallest absolute Gasteiger partial charge is 0.195 e. The monoisotopic (exact) mass is 276 g/mol. The molecule has 2 heterocycles. The van der Waals surface area contributed by atoms with Crippen molar-refractivity contribution in [3.05, 3.63) is 24.4 Å². The average Bonchev–Trinajstić information content (AvgIpc) is 2.85. The van der Waals surface area contributed by atoms with Crippen molar-refractivity contribution < 1.29 is 0 Å². The van der Waals surface area contributed by atoms with Gasteiger partial charge in [0.05, 0.1) is 0 Å². The van der Waals surface area contributed by atoms with E-state index in [0.717, 1.165) is 17.3 Å². The van der Waals surface area contributed by atoms with Gasteiger partial charge in [-0.15, -0.1) is 10.2 Å². The van der Waals surface area contributed by atoms with Crippen LogP contribution >= 0.6 is 11.8 Å². The highest BCUT2D eigenvalue weighted by atomic mass is 32.2. The van der Waals surface area contributed by atoms with Crippen molar-refractivity contribution in [2.75, 3.05) is 6.54 Å². The van der Waals surface area contributed by atoms with Gasteiger partial charge in [0.1, 0.15) is 0 Å². The molecule has 2 aromatic heterocycles. The molecular formula is C14H20N4S. The van der Waals surface area contributed by atoms with Gasteiger partial charge in [0.2, 0.25) is 0 Å². The lowest BCUT2D eigenvalue weighted by molar-refractivity contribution is 0.390. The first-order valence-electron chi connectivity index (χ1n) is 7.08. The molecule has 0 saturated heterocycles. The maximum absolute atomic E-state index is 4.33. The van der Waals surface area contributed by atoms with Gasteiger partial charge in [-0.05, 0) is 31.5 Å². The van der Waals surface area contributed by atoms with Crippen molar-refractivity contribution in [3.8, 4) is 0 Å². The molecule has 0 aromatic carbocycles. The summed E-state index contributed by atoms with van der Waals surface area (Å²) < 4.78 is 2.09. The molecule has 1 aliphatic carbocycles. The minimum absolute atomic E-state index is 0.611. The summed E-state index contributed by atoms with van der Waals surface area (Å²) in [5, 5.41) is 13.8. The lowest BCUT2D eigenvalue weighted by Crippen LogP contribution is -2.40. The van der Waals surface area contributed by atoms with Gasteiger partial charge in [-0.1, -0.05) is 37.6 Å². The zero-order valence-corrected chi connectivity index (χ0v) is 12.1. The predicted molar refractivity (Wildman–Crippen MR) is 78.6 cm³/mol. The summed E-state index contributed by atoms with van der Waals surface area (Å²) in [5.74, 6) is 0. The molecular weight excluding hydrogens is 256 g/mol. The molecule has 1 N–H and O–H groups in total. The number of hydrogen-bond donors (Lipinski definition) is 1. The van der Waals surface area contributed by atoms with Crippen LogP contribution in [0.5, 0.6) is 0 Å². The van der Waals surface area contributed by atoms with E-state index in [4.69, 9.17) is 0 Å². The summed E-state index contributed by atoms with van der Waals surface area (Å²) in [6, 6.07) is 6.64. The van der Waals surface area contributed by atoms with Gasteiger partial charge in [-0.25, -0.2) is 0 Å². The van der Waals surface area contributed by atoms with Gasteiger partial charge >= 0.3 is 0 Å². The molecule has 0 bridgehead atoms. The number of nitrogens with zero attached hydrogens (tertiary/aromatic N) is 3. The topological polar surface area (TPSA) is 42.2 Å². The number of fused-ring (bicyclic) bond motifs is 1. The minimum atomic E-state index is 0.611. The van der Waals surface area contributed by atoms with E-state index in [9.17, 15) is 0 Å². The standard InChI is InChI=1S/C14H20N4S/c1-2-15-11-7-3-4-8-12(11)19-14-17-16-13-9-5-6-10-18(13)14/h5-6,9-12,15H,2-4,7-8H2,1H3. The van der Waals surface area contributed by atoms with Gasteiger partial charge < -0.3 is 5.32 Å². The second-order valence-corrected chi connectivity index (χ2v) is 6.22. The van der Waals surface area contributed by atoms with Crippen molar-refractivity contribution in [1.82, 2.24) is 19.9 Å². The van der Waals surface area contributed by atoms with Crippen LogP contribution in [0.4, 0.5) is 0 Å². The van der Waals surface area contributed by atoms with Crippen LogP contribution in [0, 0.1) is 0 Å². The van der Waals surface area contributed by atoms with Crippen LogP contribution in [0.3, 0.4) is 0 Å². The third-order valence-corrected chi connectivity index (χ3v) is 5.06. The van der Waals surface area contributed by atoms with Gasteiger partial charge in [-0.2, -0.15) is 0 Å². The number of thioether (sulfide) groups is 1. The van der Waals surface area contributed by atoms with E-state index in [2.05, 4.69) is 26.8 Å². The molecule has 2 aromatic rings. The number of hydrogen-bond acceptors (Lipinski definition) is 4. The zero-order valence-electron chi connectivity index (χ0n) is 11.2. The fourth-order valence-electron chi connectivity index (χ4n) is 2.77. The summed E-state index contributed by atoms with van der Waals surface area (Å²) in [4.78, 5) is 0. The molecule has 2 atom stereocenters. The Hall–Kier alpha value is -1.07. The van der Waals surface area contributed by atoms with Gasteiger partial charge in [0, 0.05) is 17.5 Å². The molecule has 3 rings (SSSR count). The molecule has 0 aliphatic heterocycles. The largest absolute Gasteiger partial charge is 0.313 e. The Morgan fingerprint density at radius 3 is 3.11 bits per heavy atom. The normalized spacial score (nSPS) is 23.8. The summed E-state index contributed by atoms with van der Waals surface area (Å²) in [5.41, 5.74) is 0.931. The summed E-state index contributed by atoms with van der Waals surface area (Å²) in [6.45, 7) is 3.23. The number of nitrogens with one attached hydrogen (secondary N) is 1. The van der Waals surface area contributed by atoms with Crippen molar-refractivity contribution >= 4 is 17.4 Å². The Morgan fingerprint density at radius 2 is 2.21 bits per heavy atom. The Labute approximate surface area is 118 Å². The van der Waals surface area contributed by atoms with Crippen LogP contribution < -0.4 is 5.32 Å². The molecule has 2 unspecified atom stereocenters. The molecule has 102 valence electrons. The average molecular weight is 276 g/mol. The Balaban J connectivity index is 1.79. The molecule has 5 heteroatoms. The highest BCUT2D eigenvalue weighted by Crippen LogP contribution is 2.33. The van der Waals surface area contributed by atoms with E-state index in [0.29, 0.717) is 11.3 Å². The number of aromatic nitrogens is 3. The highest BCUT2D eigenvalue weighted by molar-refractivity contribution is 7.99. The molecule has 0 amide bonds. The van der Waals surface area contributed by atoms with Gasteiger partial charge in [0.25, 0.3) is 0 Å². The summed E-state index contributed by atoms with van der Waals surface area (Å²) >= 11 is 1.88. The Morgan fingerprint density at radius 1 is 1.32 bits per heavy atom. The second kappa shape index (κ2) is 5.92. The third-order valence-electron chi connectivity index (χ3n) is 3.71. The maximum atomic E-state index is 4.33. The first-order valence-corrected chi connectivity index (χ1v) is 7.96. The number of pyridine rings is 1. The van der Waals surface area contributed by atoms with E-state index in [1.807, 2.05) is 36.2 Å². The van der Waals surface area contributed by atoms with Crippen molar-refractivity contribution in [2.45, 2.75) is 49.1 Å². The van der Waals surface area contributed by atoms with Crippen molar-refractivity contribution in [3.63, 3.8) is 0 Å². The summed E-state index contributed by atoms with van der Waals surface area (Å²) in [6.07, 6.45) is 7.26. The molecule has 0 spiro atoms. The van der Waals surface area contributed by atoms with Crippen molar-refractivity contribution in [2.24, 2.45) is 0 Å². The van der Waals surface area contributed by atoms with Gasteiger partial charge in [0.15, 0.2) is 10.8 Å². The second-order valence-electron chi connectivity index (χ2n) is 5.02. The predicted octanol–water partition coefficient (Wildman–Crippen LogP) is 2.74. The fraction of sp³-hybridized carbons (Fsp3) is 0.571. The summed E-state index contributed by atoms with van der Waals surface area (Å²) in [7, 11) is 0. The van der Waals surface area contributed by atoms with E-state index in [1.54, 1.807) is 0 Å². The lowest BCUT2D eigenvalue weighted by atomic mass is 9.95. The fourth-order valence-corrected chi connectivity index (χ4v) is 4.08. The van der Waals surface area contributed by atoms with Crippen LogP contribution in [0.15, 0.2) is 29.6 Å². The quantitative estimate of drug-likeness (QED) is 0.932. The third kappa shape index (κ3) is 2.77. The first-order chi connectivity index (χ1) is 9.38. The van der Waals surface area contributed by atoms with Crippen LogP contribution in [-0.4, -0.2) is 32.4 Å².